The molecule has 2 heteroatoms. The zero-order chi connectivity index (χ0) is 9.10. The van der Waals surface area contributed by atoms with Crippen LogP contribution in [0.4, 0.5) is 0 Å². The Balaban J connectivity index is 1.87. The molecule has 1 saturated heterocycles. The van der Waals surface area contributed by atoms with E-state index in [1.807, 2.05) is 0 Å². The highest BCUT2D eigenvalue weighted by Crippen LogP contribution is 2.36. The minimum absolute atomic E-state index is 0.233. The Bertz CT molecular complexity index is 179. The summed E-state index contributed by atoms with van der Waals surface area (Å²) in [6, 6.07) is 0. The van der Waals surface area contributed by atoms with E-state index in [2.05, 4.69) is 0 Å². The second-order valence-corrected chi connectivity index (χ2v) is 4.32. The highest BCUT2D eigenvalue weighted by atomic mass is 16.5. The summed E-state index contributed by atoms with van der Waals surface area (Å²) in [5.74, 6) is 0.802. The van der Waals surface area contributed by atoms with Crippen molar-refractivity contribution in [3.05, 3.63) is 0 Å². The normalized spacial score (nSPS) is 39.5. The van der Waals surface area contributed by atoms with Gasteiger partial charge in [0, 0.05) is 6.42 Å². The van der Waals surface area contributed by atoms with Crippen molar-refractivity contribution in [3.8, 4) is 0 Å². The first-order valence-electron chi connectivity index (χ1n) is 5.49. The highest BCUT2D eigenvalue weighted by Gasteiger charge is 2.32. The van der Waals surface area contributed by atoms with Crippen LogP contribution in [0.1, 0.15) is 44.9 Å². The molecule has 0 N–H and O–H groups in total. The fourth-order valence-corrected chi connectivity index (χ4v) is 2.68. The van der Waals surface area contributed by atoms with Crippen molar-refractivity contribution in [2.24, 2.45) is 5.92 Å². The molecule has 13 heavy (non-hydrogen) atoms. The first kappa shape index (κ1) is 9.20. The average molecular weight is 182 g/mol. The van der Waals surface area contributed by atoms with Crippen LogP contribution in [-0.2, 0) is 9.53 Å². The summed E-state index contributed by atoms with van der Waals surface area (Å²) in [5.41, 5.74) is 0. The highest BCUT2D eigenvalue weighted by molar-refractivity contribution is 5.50. The van der Waals surface area contributed by atoms with Crippen molar-refractivity contribution < 1.29 is 9.53 Å². The fourth-order valence-electron chi connectivity index (χ4n) is 2.68. The van der Waals surface area contributed by atoms with Gasteiger partial charge in [-0.2, -0.15) is 0 Å². The van der Waals surface area contributed by atoms with Gasteiger partial charge in [-0.1, -0.05) is 12.8 Å². The maximum Gasteiger partial charge on any atom is 0.122 e. The molecule has 74 valence electrons. The molecule has 1 heterocycles. The molecular formula is C11H18O2. The van der Waals surface area contributed by atoms with E-state index < -0.39 is 0 Å². The number of rotatable bonds is 2. The lowest BCUT2D eigenvalue weighted by Gasteiger charge is -2.39. The van der Waals surface area contributed by atoms with Gasteiger partial charge in [0.15, 0.2) is 0 Å². The van der Waals surface area contributed by atoms with Crippen molar-refractivity contribution >= 4 is 6.29 Å². The topological polar surface area (TPSA) is 26.3 Å². The third kappa shape index (κ3) is 2.11. The van der Waals surface area contributed by atoms with Crippen LogP contribution in [0.5, 0.6) is 0 Å². The summed E-state index contributed by atoms with van der Waals surface area (Å²) in [6.45, 7) is 0. The first-order chi connectivity index (χ1) is 6.40. The van der Waals surface area contributed by atoms with Gasteiger partial charge in [0.2, 0.25) is 0 Å². The molecule has 0 amide bonds. The summed E-state index contributed by atoms with van der Waals surface area (Å²) >= 11 is 0. The summed E-state index contributed by atoms with van der Waals surface area (Å²) in [4.78, 5) is 10.4. The molecule has 1 aliphatic heterocycles. The number of hydrogen-bond acceptors (Lipinski definition) is 2. The molecule has 1 aliphatic carbocycles. The van der Waals surface area contributed by atoms with Gasteiger partial charge < -0.3 is 9.53 Å². The maximum absolute atomic E-state index is 10.4. The SMILES string of the molecule is O=CC[C@H]1CC[C@@H]2CCCC[C@H]2O1. The van der Waals surface area contributed by atoms with Crippen LogP contribution in [0.15, 0.2) is 0 Å². The van der Waals surface area contributed by atoms with Gasteiger partial charge in [0.1, 0.15) is 6.29 Å². The molecule has 0 spiro atoms. The van der Waals surface area contributed by atoms with Gasteiger partial charge in [-0.05, 0) is 31.6 Å². The standard InChI is InChI=1S/C11H18O2/c12-8-7-10-6-5-9-3-1-2-4-11(9)13-10/h8-11H,1-7H2/t9-,10+,11+/m0/s1. The minimum Gasteiger partial charge on any atom is -0.374 e. The molecule has 2 rings (SSSR count). The number of carbonyl (C=O) groups excluding carboxylic acids is 1. The Hall–Kier alpha value is -0.370. The molecule has 2 fully saturated rings. The van der Waals surface area contributed by atoms with Crippen LogP contribution in [0.3, 0.4) is 0 Å². The van der Waals surface area contributed by atoms with Crippen LogP contribution in [0.2, 0.25) is 0 Å². The molecule has 0 aromatic rings. The molecule has 3 atom stereocenters. The number of carbonyl (C=O) groups is 1. The quantitative estimate of drug-likeness (QED) is 0.612. The largest absolute Gasteiger partial charge is 0.374 e. The zero-order valence-electron chi connectivity index (χ0n) is 8.08. The van der Waals surface area contributed by atoms with E-state index in [-0.39, 0.29) is 6.10 Å². The van der Waals surface area contributed by atoms with E-state index in [1.165, 1.54) is 32.1 Å². The third-order valence-electron chi connectivity index (χ3n) is 3.43. The van der Waals surface area contributed by atoms with Gasteiger partial charge in [-0.15, -0.1) is 0 Å². The molecule has 0 bridgehead atoms. The number of ether oxygens (including phenoxy) is 1. The summed E-state index contributed by atoms with van der Waals surface area (Å²) < 4.78 is 5.90. The van der Waals surface area contributed by atoms with Crippen molar-refractivity contribution in [2.75, 3.05) is 0 Å². The van der Waals surface area contributed by atoms with E-state index in [0.717, 1.165) is 18.6 Å². The Morgan fingerprint density at radius 2 is 2.00 bits per heavy atom. The van der Waals surface area contributed by atoms with E-state index in [9.17, 15) is 4.79 Å². The monoisotopic (exact) mass is 182 g/mol. The molecule has 1 saturated carbocycles. The van der Waals surface area contributed by atoms with E-state index in [4.69, 9.17) is 4.74 Å². The Labute approximate surface area is 79.7 Å². The minimum atomic E-state index is 0.233. The van der Waals surface area contributed by atoms with Crippen molar-refractivity contribution in [2.45, 2.75) is 57.2 Å². The predicted octanol–water partition coefficient (Wildman–Crippen LogP) is 2.31. The van der Waals surface area contributed by atoms with Crippen molar-refractivity contribution in [1.82, 2.24) is 0 Å². The second kappa shape index (κ2) is 4.23. The summed E-state index contributed by atoms with van der Waals surface area (Å²) in [5, 5.41) is 0. The number of aldehydes is 1. The Morgan fingerprint density at radius 3 is 2.85 bits per heavy atom. The lowest BCUT2D eigenvalue weighted by molar-refractivity contribution is -0.121. The molecule has 2 aliphatic rings. The van der Waals surface area contributed by atoms with E-state index in [1.54, 1.807) is 0 Å². The van der Waals surface area contributed by atoms with Crippen LogP contribution < -0.4 is 0 Å². The average Bonchev–Trinajstić information content (AvgIpc) is 2.18. The van der Waals surface area contributed by atoms with Crippen molar-refractivity contribution in [1.29, 1.82) is 0 Å². The fraction of sp³-hybridized carbons (Fsp3) is 0.909. The van der Waals surface area contributed by atoms with Gasteiger partial charge in [0.25, 0.3) is 0 Å². The lowest BCUT2D eigenvalue weighted by Crippen LogP contribution is -2.37. The third-order valence-corrected chi connectivity index (χ3v) is 3.43. The smallest absolute Gasteiger partial charge is 0.122 e. The molecule has 0 unspecified atom stereocenters. The number of hydrogen-bond donors (Lipinski definition) is 0. The molecule has 2 nitrogen and oxygen atoms in total. The van der Waals surface area contributed by atoms with Crippen molar-refractivity contribution in [3.63, 3.8) is 0 Å². The van der Waals surface area contributed by atoms with Gasteiger partial charge in [0.05, 0.1) is 12.2 Å². The Morgan fingerprint density at radius 1 is 1.15 bits per heavy atom. The lowest BCUT2D eigenvalue weighted by atomic mass is 9.80. The van der Waals surface area contributed by atoms with Crippen LogP contribution >= 0.6 is 0 Å². The molecule has 0 aromatic heterocycles. The number of fused-ring (bicyclic) bond motifs is 1. The molecular weight excluding hydrogens is 164 g/mol. The van der Waals surface area contributed by atoms with Crippen LogP contribution in [0.25, 0.3) is 0 Å². The summed E-state index contributed by atoms with van der Waals surface area (Å²) in [6.07, 6.45) is 9.94. The predicted molar refractivity (Wildman–Crippen MR) is 50.5 cm³/mol. The first-order valence-corrected chi connectivity index (χ1v) is 5.49. The van der Waals surface area contributed by atoms with E-state index in [0.29, 0.717) is 12.5 Å². The van der Waals surface area contributed by atoms with Gasteiger partial charge in [-0.3, -0.25) is 0 Å². The molecule has 0 aromatic carbocycles. The maximum atomic E-state index is 10.4. The second-order valence-electron chi connectivity index (χ2n) is 4.32. The van der Waals surface area contributed by atoms with Crippen LogP contribution in [-0.4, -0.2) is 18.5 Å². The van der Waals surface area contributed by atoms with E-state index >= 15 is 0 Å². The Kier molecular flexibility index (Phi) is 2.99. The summed E-state index contributed by atoms with van der Waals surface area (Å²) in [7, 11) is 0. The van der Waals surface area contributed by atoms with Gasteiger partial charge in [-0.25, -0.2) is 0 Å². The zero-order valence-corrected chi connectivity index (χ0v) is 8.08. The molecule has 0 radical (unpaired) electrons. The van der Waals surface area contributed by atoms with Crippen LogP contribution in [0, 0.1) is 5.92 Å². The van der Waals surface area contributed by atoms with Gasteiger partial charge >= 0.3 is 0 Å².